The maximum absolute atomic E-state index is 4.94. The lowest BCUT2D eigenvalue weighted by Gasteiger charge is -2.39. The molecule has 0 atom stereocenters. The zero-order valence-electron chi connectivity index (χ0n) is 7.65. The average Bonchev–Trinajstić information content (AvgIpc) is 2.37. The predicted octanol–water partition coefficient (Wildman–Crippen LogP) is 0.524. The highest BCUT2D eigenvalue weighted by molar-refractivity contribution is 7.80. The Morgan fingerprint density at radius 2 is 1.46 bits per heavy atom. The van der Waals surface area contributed by atoms with Crippen molar-refractivity contribution in [1.29, 1.82) is 0 Å². The SMILES string of the molecule is S=C1NNC2(CCCCCC2)NN1. The van der Waals surface area contributed by atoms with Gasteiger partial charge in [-0.25, -0.2) is 10.9 Å². The summed E-state index contributed by atoms with van der Waals surface area (Å²) in [7, 11) is 0. The zero-order chi connectivity index (χ0) is 9.15. The summed E-state index contributed by atoms with van der Waals surface area (Å²) >= 11 is 4.94. The van der Waals surface area contributed by atoms with Crippen LogP contribution in [-0.2, 0) is 0 Å². The molecule has 2 rings (SSSR count). The van der Waals surface area contributed by atoms with Crippen molar-refractivity contribution in [2.75, 3.05) is 0 Å². The van der Waals surface area contributed by atoms with Crippen molar-refractivity contribution in [3.63, 3.8) is 0 Å². The van der Waals surface area contributed by atoms with Crippen molar-refractivity contribution in [3.8, 4) is 0 Å². The first kappa shape index (κ1) is 9.18. The predicted molar refractivity (Wildman–Crippen MR) is 55.6 cm³/mol. The van der Waals surface area contributed by atoms with E-state index in [0.29, 0.717) is 5.11 Å². The topological polar surface area (TPSA) is 48.1 Å². The summed E-state index contributed by atoms with van der Waals surface area (Å²) in [6.45, 7) is 0. The van der Waals surface area contributed by atoms with E-state index in [1.54, 1.807) is 0 Å². The maximum atomic E-state index is 4.94. The lowest BCUT2D eigenvalue weighted by Crippen LogP contribution is -2.73. The van der Waals surface area contributed by atoms with Crippen molar-refractivity contribution >= 4 is 17.3 Å². The van der Waals surface area contributed by atoms with Gasteiger partial charge in [0.05, 0.1) is 0 Å². The second-order valence-electron chi connectivity index (χ2n) is 3.83. The van der Waals surface area contributed by atoms with Gasteiger partial charge in [-0.2, -0.15) is 0 Å². The van der Waals surface area contributed by atoms with Crippen LogP contribution in [0.2, 0.25) is 0 Å². The lowest BCUT2D eigenvalue weighted by atomic mass is 10.0. The van der Waals surface area contributed by atoms with E-state index in [9.17, 15) is 0 Å². The van der Waals surface area contributed by atoms with Gasteiger partial charge in [-0.3, -0.25) is 10.9 Å². The van der Waals surface area contributed by atoms with Crippen LogP contribution >= 0.6 is 12.2 Å². The fraction of sp³-hybridized carbons (Fsp3) is 0.875. The molecule has 0 unspecified atom stereocenters. The molecule has 1 heterocycles. The maximum Gasteiger partial charge on any atom is 0.195 e. The fourth-order valence-electron chi connectivity index (χ4n) is 2.00. The molecule has 1 spiro atoms. The number of hydrazine groups is 2. The van der Waals surface area contributed by atoms with Gasteiger partial charge >= 0.3 is 0 Å². The zero-order valence-corrected chi connectivity index (χ0v) is 8.47. The van der Waals surface area contributed by atoms with Gasteiger partial charge in [0.25, 0.3) is 0 Å². The third-order valence-electron chi connectivity index (χ3n) is 2.79. The summed E-state index contributed by atoms with van der Waals surface area (Å²) in [6, 6.07) is 0. The Kier molecular flexibility index (Phi) is 2.66. The highest BCUT2D eigenvalue weighted by Gasteiger charge is 2.33. The van der Waals surface area contributed by atoms with Crippen LogP contribution in [-0.4, -0.2) is 10.8 Å². The Balaban J connectivity index is 1.97. The molecule has 74 valence electrons. The Hall–Kier alpha value is -0.390. The molecule has 1 aliphatic carbocycles. The van der Waals surface area contributed by atoms with E-state index < -0.39 is 0 Å². The van der Waals surface area contributed by atoms with E-state index in [4.69, 9.17) is 12.2 Å². The summed E-state index contributed by atoms with van der Waals surface area (Å²) in [5, 5.41) is 0.620. The van der Waals surface area contributed by atoms with Crippen molar-refractivity contribution in [1.82, 2.24) is 21.7 Å². The second kappa shape index (κ2) is 3.77. The van der Waals surface area contributed by atoms with Crippen LogP contribution in [0.3, 0.4) is 0 Å². The summed E-state index contributed by atoms with van der Waals surface area (Å²) < 4.78 is 0. The van der Waals surface area contributed by atoms with Crippen LogP contribution in [0.5, 0.6) is 0 Å². The van der Waals surface area contributed by atoms with Crippen LogP contribution in [0, 0.1) is 0 Å². The van der Waals surface area contributed by atoms with E-state index in [1.165, 1.54) is 25.7 Å². The van der Waals surface area contributed by atoms with Crippen LogP contribution < -0.4 is 21.7 Å². The van der Waals surface area contributed by atoms with Gasteiger partial charge in [0.15, 0.2) is 5.11 Å². The summed E-state index contributed by atoms with van der Waals surface area (Å²) in [5.41, 5.74) is 12.5. The van der Waals surface area contributed by atoms with Crippen LogP contribution in [0.25, 0.3) is 0 Å². The first-order valence-corrected chi connectivity index (χ1v) is 5.32. The van der Waals surface area contributed by atoms with E-state index in [0.717, 1.165) is 12.8 Å². The lowest BCUT2D eigenvalue weighted by molar-refractivity contribution is 0.176. The van der Waals surface area contributed by atoms with Crippen molar-refractivity contribution in [3.05, 3.63) is 0 Å². The molecular weight excluding hydrogens is 184 g/mol. The molecule has 2 fully saturated rings. The van der Waals surface area contributed by atoms with E-state index in [1.807, 2.05) is 0 Å². The standard InChI is InChI=1S/C8H16N4S/c13-7-9-11-8(12-10-7)5-3-1-2-4-6-8/h11-12H,1-6H2,(H2,9,10,13). The molecule has 4 nitrogen and oxygen atoms in total. The molecule has 1 saturated heterocycles. The highest BCUT2D eigenvalue weighted by atomic mass is 32.1. The molecule has 0 aromatic rings. The molecule has 0 amide bonds. The third-order valence-corrected chi connectivity index (χ3v) is 2.99. The van der Waals surface area contributed by atoms with Crippen LogP contribution in [0.4, 0.5) is 0 Å². The Morgan fingerprint density at radius 1 is 0.923 bits per heavy atom. The third kappa shape index (κ3) is 2.10. The molecular formula is C8H16N4S. The van der Waals surface area contributed by atoms with Gasteiger partial charge in [0.2, 0.25) is 0 Å². The molecule has 0 bridgehead atoms. The molecule has 0 aromatic carbocycles. The van der Waals surface area contributed by atoms with Gasteiger partial charge in [-0.1, -0.05) is 25.7 Å². The number of hydrogen-bond acceptors (Lipinski definition) is 3. The summed E-state index contributed by atoms with van der Waals surface area (Å²) in [5.74, 6) is 0. The quantitative estimate of drug-likeness (QED) is 0.430. The number of thiocarbonyl (C=S) groups is 1. The molecule has 2 aliphatic rings. The van der Waals surface area contributed by atoms with Gasteiger partial charge in [-0.15, -0.1) is 0 Å². The molecule has 1 saturated carbocycles. The van der Waals surface area contributed by atoms with Crippen LogP contribution in [0.15, 0.2) is 0 Å². The minimum Gasteiger partial charge on any atom is -0.295 e. The first-order chi connectivity index (χ1) is 6.31. The van der Waals surface area contributed by atoms with E-state index >= 15 is 0 Å². The normalized spacial score (nSPS) is 27.5. The van der Waals surface area contributed by atoms with Crippen molar-refractivity contribution in [2.24, 2.45) is 0 Å². The number of hydrogen-bond donors (Lipinski definition) is 4. The Bertz CT molecular complexity index is 186. The van der Waals surface area contributed by atoms with E-state index in [-0.39, 0.29) is 5.66 Å². The molecule has 0 aromatic heterocycles. The number of rotatable bonds is 0. The molecule has 13 heavy (non-hydrogen) atoms. The first-order valence-electron chi connectivity index (χ1n) is 4.91. The minimum atomic E-state index is 0.0127. The number of nitrogens with one attached hydrogen (secondary N) is 4. The van der Waals surface area contributed by atoms with Gasteiger partial charge < -0.3 is 0 Å². The monoisotopic (exact) mass is 200 g/mol. The van der Waals surface area contributed by atoms with Gasteiger partial charge in [0, 0.05) is 0 Å². The summed E-state index contributed by atoms with van der Waals surface area (Å²) in [6.07, 6.45) is 7.53. The Labute approximate surface area is 83.8 Å². The molecule has 5 heteroatoms. The van der Waals surface area contributed by atoms with Crippen molar-refractivity contribution < 1.29 is 0 Å². The van der Waals surface area contributed by atoms with Crippen LogP contribution in [0.1, 0.15) is 38.5 Å². The fourth-order valence-corrected chi connectivity index (χ4v) is 2.10. The largest absolute Gasteiger partial charge is 0.295 e. The highest BCUT2D eigenvalue weighted by Crippen LogP contribution is 2.24. The Morgan fingerprint density at radius 3 is 2.00 bits per heavy atom. The molecule has 0 radical (unpaired) electrons. The second-order valence-corrected chi connectivity index (χ2v) is 4.23. The van der Waals surface area contributed by atoms with E-state index in [2.05, 4.69) is 21.7 Å². The smallest absolute Gasteiger partial charge is 0.195 e. The molecule has 4 N–H and O–H groups in total. The van der Waals surface area contributed by atoms with Gasteiger partial charge in [0.1, 0.15) is 5.66 Å². The van der Waals surface area contributed by atoms with Gasteiger partial charge in [-0.05, 0) is 25.1 Å². The van der Waals surface area contributed by atoms with Crippen molar-refractivity contribution in [2.45, 2.75) is 44.2 Å². The minimum absolute atomic E-state index is 0.0127. The molecule has 1 aliphatic heterocycles. The summed E-state index contributed by atoms with van der Waals surface area (Å²) in [4.78, 5) is 0. The average molecular weight is 200 g/mol.